The monoisotopic (exact) mass is 360 g/mol. The second kappa shape index (κ2) is 8.05. The Balaban J connectivity index is 1.52. The largest absolute Gasteiger partial charge is 0.441 e. The van der Waals surface area contributed by atoms with Crippen LogP contribution in [0.2, 0.25) is 5.02 Å². The van der Waals surface area contributed by atoms with Gasteiger partial charge in [-0.1, -0.05) is 38.3 Å². The summed E-state index contributed by atoms with van der Waals surface area (Å²) in [6, 6.07) is 7.72. The number of nitrogens with zero attached hydrogens (tertiary/aromatic N) is 1. The first kappa shape index (κ1) is 18.0. The molecular weight excluding hydrogens is 336 g/mol. The molecule has 1 saturated carbocycles. The molecule has 1 aromatic carbocycles. The molecule has 1 heterocycles. The average Bonchev–Trinajstić information content (AvgIpc) is 3.07. The van der Waals surface area contributed by atoms with Crippen molar-refractivity contribution in [1.29, 1.82) is 0 Å². The van der Waals surface area contributed by atoms with Gasteiger partial charge in [0.2, 0.25) is 5.91 Å². The van der Waals surface area contributed by atoms with E-state index in [1.54, 1.807) is 6.20 Å². The normalized spacial score (nSPS) is 23.4. The number of oxazole rings is 1. The van der Waals surface area contributed by atoms with Crippen molar-refractivity contribution >= 4 is 17.5 Å². The average molecular weight is 361 g/mol. The molecule has 1 N–H and O–H groups in total. The van der Waals surface area contributed by atoms with Crippen molar-refractivity contribution in [2.75, 3.05) is 0 Å². The quantitative estimate of drug-likeness (QED) is 0.827. The summed E-state index contributed by atoms with van der Waals surface area (Å²) in [5, 5.41) is 3.88. The number of carbonyl (C=O) groups excluding carboxylic acids is 1. The van der Waals surface area contributed by atoms with Crippen molar-refractivity contribution in [3.8, 4) is 11.3 Å². The summed E-state index contributed by atoms with van der Waals surface area (Å²) >= 11 is 5.90. The number of amides is 1. The summed E-state index contributed by atoms with van der Waals surface area (Å²) in [6.07, 6.45) is 6.14. The Hall–Kier alpha value is -1.81. The Morgan fingerprint density at radius 2 is 2.04 bits per heavy atom. The Bertz CT molecular complexity index is 711. The van der Waals surface area contributed by atoms with Gasteiger partial charge in [0.15, 0.2) is 11.7 Å². The molecule has 0 aliphatic heterocycles. The van der Waals surface area contributed by atoms with Crippen LogP contribution >= 0.6 is 11.6 Å². The van der Waals surface area contributed by atoms with Crippen molar-refractivity contribution in [2.24, 2.45) is 11.8 Å². The van der Waals surface area contributed by atoms with Crippen LogP contribution in [0.15, 0.2) is 34.9 Å². The minimum absolute atomic E-state index is 0.0807. The van der Waals surface area contributed by atoms with E-state index in [0.29, 0.717) is 47.4 Å². The maximum absolute atomic E-state index is 12.3. The van der Waals surface area contributed by atoms with Crippen LogP contribution in [0.25, 0.3) is 11.3 Å². The highest BCUT2D eigenvalue weighted by Crippen LogP contribution is 2.29. The van der Waals surface area contributed by atoms with Crippen LogP contribution < -0.4 is 5.32 Å². The number of aryl methyl sites for hydroxylation is 1. The number of halogens is 1. The predicted molar refractivity (Wildman–Crippen MR) is 99.4 cm³/mol. The van der Waals surface area contributed by atoms with Gasteiger partial charge < -0.3 is 9.73 Å². The standard InChI is InChI=1S/C20H25ClN2O2/c1-13-4-3-5-17(14(13)2)23-19(24)10-11-20-22-12-18(25-20)15-6-8-16(21)9-7-15/h6-9,12-14,17H,3-5,10-11H2,1-2H3,(H,23,24). The van der Waals surface area contributed by atoms with Crippen LogP contribution in [0.4, 0.5) is 0 Å². The molecule has 3 rings (SSSR count). The van der Waals surface area contributed by atoms with E-state index in [0.717, 1.165) is 12.0 Å². The minimum Gasteiger partial charge on any atom is -0.441 e. The number of benzene rings is 1. The fourth-order valence-electron chi connectivity index (χ4n) is 3.46. The zero-order chi connectivity index (χ0) is 17.8. The summed E-state index contributed by atoms with van der Waals surface area (Å²) < 4.78 is 5.75. The first-order valence-electron chi connectivity index (χ1n) is 9.03. The van der Waals surface area contributed by atoms with Crippen LogP contribution in [0.3, 0.4) is 0 Å². The van der Waals surface area contributed by atoms with Crippen molar-refractivity contribution in [3.05, 3.63) is 41.4 Å². The zero-order valence-electron chi connectivity index (χ0n) is 14.8. The molecule has 2 aromatic rings. The molecule has 1 fully saturated rings. The molecule has 0 bridgehead atoms. The minimum atomic E-state index is 0.0807. The molecule has 0 spiro atoms. The van der Waals surface area contributed by atoms with Gasteiger partial charge in [-0.15, -0.1) is 0 Å². The highest BCUT2D eigenvalue weighted by atomic mass is 35.5. The molecule has 4 nitrogen and oxygen atoms in total. The SMILES string of the molecule is CC1CCCC(NC(=O)CCc2ncc(-c3ccc(Cl)cc3)o2)C1C. The van der Waals surface area contributed by atoms with Crippen molar-refractivity contribution in [3.63, 3.8) is 0 Å². The van der Waals surface area contributed by atoms with E-state index >= 15 is 0 Å². The Labute approximate surface area is 154 Å². The third-order valence-corrected chi connectivity index (χ3v) is 5.55. The van der Waals surface area contributed by atoms with E-state index in [4.69, 9.17) is 16.0 Å². The second-order valence-corrected chi connectivity index (χ2v) is 7.50. The van der Waals surface area contributed by atoms with Crippen LogP contribution in [0.1, 0.15) is 45.4 Å². The van der Waals surface area contributed by atoms with Gasteiger partial charge in [-0.2, -0.15) is 0 Å². The predicted octanol–water partition coefficient (Wildman–Crippen LogP) is 4.87. The second-order valence-electron chi connectivity index (χ2n) is 7.07. The zero-order valence-corrected chi connectivity index (χ0v) is 15.6. The fourth-order valence-corrected chi connectivity index (χ4v) is 3.58. The third kappa shape index (κ3) is 4.63. The van der Waals surface area contributed by atoms with E-state index < -0.39 is 0 Å². The van der Waals surface area contributed by atoms with E-state index in [9.17, 15) is 4.79 Å². The first-order chi connectivity index (χ1) is 12.0. The molecule has 0 saturated heterocycles. The van der Waals surface area contributed by atoms with Crippen molar-refractivity contribution < 1.29 is 9.21 Å². The van der Waals surface area contributed by atoms with Gasteiger partial charge in [-0.25, -0.2) is 4.98 Å². The molecule has 1 amide bonds. The molecule has 0 radical (unpaired) electrons. The number of nitrogens with one attached hydrogen (secondary N) is 1. The van der Waals surface area contributed by atoms with Gasteiger partial charge in [-0.05, 0) is 42.5 Å². The van der Waals surface area contributed by atoms with E-state index in [2.05, 4.69) is 24.1 Å². The van der Waals surface area contributed by atoms with Gasteiger partial charge in [0, 0.05) is 29.5 Å². The van der Waals surface area contributed by atoms with Gasteiger partial charge in [0.25, 0.3) is 0 Å². The van der Waals surface area contributed by atoms with Gasteiger partial charge >= 0.3 is 0 Å². The summed E-state index contributed by atoms with van der Waals surface area (Å²) in [6.45, 7) is 4.51. The molecule has 1 aromatic heterocycles. The molecule has 5 heteroatoms. The van der Waals surface area contributed by atoms with E-state index in [-0.39, 0.29) is 5.91 Å². The summed E-state index contributed by atoms with van der Waals surface area (Å²) in [5.41, 5.74) is 0.928. The van der Waals surface area contributed by atoms with Crippen molar-refractivity contribution in [2.45, 2.75) is 52.0 Å². The topological polar surface area (TPSA) is 55.1 Å². The number of hydrogen-bond donors (Lipinski definition) is 1. The number of aromatic nitrogens is 1. The molecule has 1 aliphatic rings. The molecule has 3 atom stereocenters. The lowest BCUT2D eigenvalue weighted by Crippen LogP contribution is -2.43. The number of rotatable bonds is 5. The first-order valence-corrected chi connectivity index (χ1v) is 9.40. The third-order valence-electron chi connectivity index (χ3n) is 5.30. The lowest BCUT2D eigenvalue weighted by molar-refractivity contribution is -0.122. The fraction of sp³-hybridized carbons (Fsp3) is 0.500. The summed E-state index contributed by atoms with van der Waals surface area (Å²) in [7, 11) is 0. The van der Waals surface area contributed by atoms with E-state index in [1.807, 2.05) is 24.3 Å². The van der Waals surface area contributed by atoms with Crippen LogP contribution in [-0.2, 0) is 11.2 Å². The Kier molecular flexibility index (Phi) is 5.79. The maximum atomic E-state index is 12.3. The van der Waals surface area contributed by atoms with Crippen LogP contribution in [-0.4, -0.2) is 16.9 Å². The van der Waals surface area contributed by atoms with E-state index in [1.165, 1.54) is 12.8 Å². The Morgan fingerprint density at radius 3 is 2.80 bits per heavy atom. The Morgan fingerprint density at radius 1 is 1.28 bits per heavy atom. The molecule has 25 heavy (non-hydrogen) atoms. The maximum Gasteiger partial charge on any atom is 0.220 e. The molecule has 134 valence electrons. The highest BCUT2D eigenvalue weighted by Gasteiger charge is 2.28. The molecular formula is C20H25ClN2O2. The van der Waals surface area contributed by atoms with Crippen LogP contribution in [0.5, 0.6) is 0 Å². The smallest absolute Gasteiger partial charge is 0.220 e. The van der Waals surface area contributed by atoms with Gasteiger partial charge in [-0.3, -0.25) is 4.79 Å². The number of carbonyl (C=O) groups is 1. The lowest BCUT2D eigenvalue weighted by atomic mass is 9.78. The summed E-state index contributed by atoms with van der Waals surface area (Å²) in [4.78, 5) is 16.5. The molecule has 1 aliphatic carbocycles. The van der Waals surface area contributed by atoms with Gasteiger partial charge in [0.1, 0.15) is 0 Å². The van der Waals surface area contributed by atoms with Crippen LogP contribution in [0, 0.1) is 11.8 Å². The van der Waals surface area contributed by atoms with Crippen molar-refractivity contribution in [1.82, 2.24) is 10.3 Å². The lowest BCUT2D eigenvalue weighted by Gasteiger charge is -2.34. The van der Waals surface area contributed by atoms with Gasteiger partial charge in [0.05, 0.1) is 6.20 Å². The summed E-state index contributed by atoms with van der Waals surface area (Å²) in [5.74, 6) is 2.58. The number of hydrogen-bond acceptors (Lipinski definition) is 3. The molecule has 3 unspecified atom stereocenters. The highest BCUT2D eigenvalue weighted by molar-refractivity contribution is 6.30.